The zero-order chi connectivity index (χ0) is 31.6. The third kappa shape index (κ3) is 22.8. The number of nitrogens with one attached hydrogen (secondary N) is 6. The lowest BCUT2D eigenvalue weighted by Gasteiger charge is -2.33. The minimum absolute atomic E-state index is 0.193. The van der Waals surface area contributed by atoms with Crippen molar-refractivity contribution in [2.24, 2.45) is 0 Å². The highest BCUT2D eigenvalue weighted by molar-refractivity contribution is 5.95. The fourth-order valence-electron chi connectivity index (χ4n) is 4.64. The Morgan fingerprint density at radius 2 is 0.976 bits per heavy atom. The molecule has 0 bridgehead atoms. The summed E-state index contributed by atoms with van der Waals surface area (Å²) in [5.41, 5.74) is -1.56. The topological polar surface area (TPSA) is 133 Å². The molecule has 0 aliphatic rings. The van der Waals surface area contributed by atoms with Crippen LogP contribution in [-0.2, 0) is 19.1 Å². The maximum Gasteiger partial charge on any atom is 0.253 e. The number of unbranched alkanes of at least 4 members (excludes halogenated alkanes) is 6. The molecule has 0 saturated carbocycles. The number of ether oxygens (including phenoxy) is 1. The number of rotatable bonds is 28. The van der Waals surface area contributed by atoms with E-state index in [2.05, 4.69) is 66.5 Å². The van der Waals surface area contributed by atoms with Gasteiger partial charge >= 0.3 is 0 Å². The summed E-state index contributed by atoms with van der Waals surface area (Å²) in [5.74, 6) is -0.947. The standard InChI is InChI=1S/C32H66N6O4/c1-8-33-18-12-9-15-21-36-29(39)24-32(42-28(6)7,31(41)38-23-17-11-14-20-35-27(4)5)25-30(40)37-22-16-10-13-19-34-26(2)3/h26-28,33-35H,8-25H2,1-7H3,(H,36,39)(H,37,40)(H,38,41). The number of carbonyl (C=O) groups is 3. The summed E-state index contributed by atoms with van der Waals surface area (Å²) in [7, 11) is 0. The van der Waals surface area contributed by atoms with Crippen molar-refractivity contribution in [3.05, 3.63) is 0 Å². The van der Waals surface area contributed by atoms with Gasteiger partial charge in [0.05, 0.1) is 18.9 Å². The predicted molar refractivity (Wildman–Crippen MR) is 174 cm³/mol. The van der Waals surface area contributed by atoms with E-state index in [1.54, 1.807) is 0 Å². The van der Waals surface area contributed by atoms with E-state index in [0.29, 0.717) is 31.7 Å². The second kappa shape index (κ2) is 25.7. The smallest absolute Gasteiger partial charge is 0.253 e. The van der Waals surface area contributed by atoms with Crippen molar-refractivity contribution < 1.29 is 19.1 Å². The molecule has 0 aromatic rings. The van der Waals surface area contributed by atoms with Crippen LogP contribution >= 0.6 is 0 Å². The van der Waals surface area contributed by atoms with Gasteiger partial charge in [0.15, 0.2) is 5.60 Å². The molecule has 0 aromatic carbocycles. The van der Waals surface area contributed by atoms with Gasteiger partial charge in [0.1, 0.15) is 0 Å². The van der Waals surface area contributed by atoms with Gasteiger partial charge in [-0.05, 0) is 78.6 Å². The summed E-state index contributed by atoms with van der Waals surface area (Å²) in [6, 6.07) is 0.919. The summed E-state index contributed by atoms with van der Waals surface area (Å²) in [6.07, 6.45) is 7.90. The molecule has 248 valence electrons. The Labute approximate surface area is 257 Å². The molecule has 0 rings (SSSR count). The number of amides is 3. The second-order valence-corrected chi connectivity index (χ2v) is 12.2. The van der Waals surface area contributed by atoms with Crippen LogP contribution in [-0.4, -0.2) is 87.3 Å². The monoisotopic (exact) mass is 599 g/mol. The first kappa shape index (κ1) is 40.2. The normalized spacial score (nSPS) is 13.0. The van der Waals surface area contributed by atoms with E-state index in [-0.39, 0.29) is 30.8 Å². The van der Waals surface area contributed by atoms with Crippen LogP contribution in [0.25, 0.3) is 0 Å². The van der Waals surface area contributed by atoms with Crippen LogP contribution in [0.3, 0.4) is 0 Å². The van der Waals surface area contributed by atoms with E-state index in [1.165, 1.54) is 0 Å². The van der Waals surface area contributed by atoms with Gasteiger partial charge < -0.3 is 36.6 Å². The lowest BCUT2D eigenvalue weighted by Crippen LogP contribution is -2.55. The average Bonchev–Trinajstić information content (AvgIpc) is 2.90. The molecule has 3 amide bonds. The molecule has 1 unspecified atom stereocenters. The van der Waals surface area contributed by atoms with Crippen LogP contribution in [0.1, 0.15) is 119 Å². The highest BCUT2D eigenvalue weighted by Crippen LogP contribution is 2.24. The molecule has 0 fully saturated rings. The van der Waals surface area contributed by atoms with E-state index in [0.717, 1.165) is 84.0 Å². The number of hydrogen-bond acceptors (Lipinski definition) is 7. The van der Waals surface area contributed by atoms with Crippen LogP contribution in [0.4, 0.5) is 0 Å². The Hall–Kier alpha value is -1.75. The van der Waals surface area contributed by atoms with Crippen molar-refractivity contribution >= 4 is 17.7 Å². The van der Waals surface area contributed by atoms with Gasteiger partial charge in [-0.1, -0.05) is 53.9 Å². The van der Waals surface area contributed by atoms with Crippen molar-refractivity contribution in [1.29, 1.82) is 0 Å². The summed E-state index contributed by atoms with van der Waals surface area (Å²) in [5, 5.41) is 19.0. The van der Waals surface area contributed by atoms with E-state index in [4.69, 9.17) is 4.74 Å². The van der Waals surface area contributed by atoms with Crippen molar-refractivity contribution in [1.82, 2.24) is 31.9 Å². The van der Waals surface area contributed by atoms with Gasteiger partial charge in [-0.15, -0.1) is 0 Å². The summed E-state index contributed by atoms with van der Waals surface area (Å²) >= 11 is 0. The third-order valence-electron chi connectivity index (χ3n) is 6.79. The molecule has 0 aliphatic carbocycles. The Morgan fingerprint density at radius 3 is 1.38 bits per heavy atom. The van der Waals surface area contributed by atoms with Gasteiger partial charge in [-0.2, -0.15) is 0 Å². The molecule has 0 heterocycles. The van der Waals surface area contributed by atoms with E-state index in [9.17, 15) is 14.4 Å². The fourth-order valence-corrected chi connectivity index (χ4v) is 4.64. The van der Waals surface area contributed by atoms with Gasteiger partial charge in [-0.25, -0.2) is 0 Å². The van der Waals surface area contributed by atoms with Crippen molar-refractivity contribution in [3.63, 3.8) is 0 Å². The maximum atomic E-state index is 13.6. The number of carbonyl (C=O) groups excluding carboxylic acids is 3. The van der Waals surface area contributed by atoms with Crippen LogP contribution < -0.4 is 31.9 Å². The lowest BCUT2D eigenvalue weighted by molar-refractivity contribution is -0.163. The third-order valence-corrected chi connectivity index (χ3v) is 6.79. The summed E-state index contributed by atoms with van der Waals surface area (Å²) in [4.78, 5) is 39.7. The average molecular weight is 599 g/mol. The lowest BCUT2D eigenvalue weighted by atomic mass is 9.92. The first-order valence-corrected chi connectivity index (χ1v) is 16.7. The minimum Gasteiger partial charge on any atom is -0.361 e. The molecule has 6 N–H and O–H groups in total. The van der Waals surface area contributed by atoms with E-state index >= 15 is 0 Å². The predicted octanol–water partition coefficient (Wildman–Crippen LogP) is 3.40. The molecular weight excluding hydrogens is 532 g/mol. The van der Waals surface area contributed by atoms with Gasteiger partial charge in [0.25, 0.3) is 5.91 Å². The van der Waals surface area contributed by atoms with Crippen LogP contribution in [0.15, 0.2) is 0 Å². The van der Waals surface area contributed by atoms with Gasteiger partial charge in [0.2, 0.25) is 11.8 Å². The molecule has 0 saturated heterocycles. The Bertz CT molecular complexity index is 704. The SMILES string of the molecule is CCNCCCCCNC(=O)CC(CC(=O)NCCCCCNC(C)C)(OC(C)C)C(=O)NCCCCCNC(C)C. The highest BCUT2D eigenvalue weighted by atomic mass is 16.5. The Balaban J connectivity index is 5.14. The summed E-state index contributed by atoms with van der Waals surface area (Å²) in [6.45, 7) is 19.6. The Morgan fingerprint density at radius 1 is 0.571 bits per heavy atom. The minimum atomic E-state index is -1.56. The van der Waals surface area contributed by atoms with Crippen LogP contribution in [0.5, 0.6) is 0 Å². The molecule has 0 aromatic heterocycles. The fraction of sp³-hybridized carbons (Fsp3) is 0.906. The second-order valence-electron chi connectivity index (χ2n) is 12.2. The largest absolute Gasteiger partial charge is 0.361 e. The molecule has 0 aliphatic heterocycles. The molecule has 0 radical (unpaired) electrons. The van der Waals surface area contributed by atoms with E-state index < -0.39 is 11.5 Å². The quantitative estimate of drug-likeness (QED) is 0.0761. The van der Waals surface area contributed by atoms with Gasteiger partial charge in [0, 0.05) is 31.7 Å². The summed E-state index contributed by atoms with van der Waals surface area (Å²) < 4.78 is 6.16. The molecule has 10 heteroatoms. The zero-order valence-electron chi connectivity index (χ0n) is 28.1. The van der Waals surface area contributed by atoms with Crippen molar-refractivity contribution in [2.75, 3.05) is 45.8 Å². The van der Waals surface area contributed by atoms with Gasteiger partial charge in [-0.3, -0.25) is 14.4 Å². The number of hydrogen-bond donors (Lipinski definition) is 6. The Kier molecular flexibility index (Phi) is 24.6. The molecular formula is C32H66N6O4. The molecule has 0 spiro atoms. The first-order valence-electron chi connectivity index (χ1n) is 16.7. The van der Waals surface area contributed by atoms with Crippen LogP contribution in [0, 0.1) is 0 Å². The maximum absolute atomic E-state index is 13.6. The molecule has 1 atom stereocenters. The van der Waals surface area contributed by atoms with E-state index in [1.807, 2.05) is 13.8 Å². The van der Waals surface area contributed by atoms with Crippen molar-refractivity contribution in [3.8, 4) is 0 Å². The molecule has 42 heavy (non-hydrogen) atoms. The molecule has 10 nitrogen and oxygen atoms in total. The van der Waals surface area contributed by atoms with Crippen LogP contribution in [0.2, 0.25) is 0 Å². The first-order chi connectivity index (χ1) is 20.0. The zero-order valence-corrected chi connectivity index (χ0v) is 28.1. The highest BCUT2D eigenvalue weighted by Gasteiger charge is 2.44. The van der Waals surface area contributed by atoms with Crippen molar-refractivity contribution in [2.45, 2.75) is 143 Å².